The van der Waals surface area contributed by atoms with Crippen LogP contribution in [0.3, 0.4) is 0 Å². The molecule has 2 amide bonds. The Bertz CT molecular complexity index is 794. The zero-order valence-electron chi connectivity index (χ0n) is 12.1. The van der Waals surface area contributed by atoms with E-state index in [0.29, 0.717) is 10.6 Å². The molecule has 2 aromatic rings. The molecule has 0 saturated carbocycles. The van der Waals surface area contributed by atoms with Crippen LogP contribution in [-0.2, 0) is 14.4 Å². The summed E-state index contributed by atoms with van der Waals surface area (Å²) in [4.78, 5) is 43.8. The topological polar surface area (TPSA) is 110 Å². The third-order valence-electron chi connectivity index (χ3n) is 3.30. The number of aryl methyl sites for hydroxylation is 1. The highest BCUT2D eigenvalue weighted by molar-refractivity contribution is 6.02. The lowest BCUT2D eigenvalue weighted by atomic mass is 10.2. The minimum absolute atomic E-state index is 0.00699. The number of aromatic hydroxyl groups is 1. The molecule has 1 fully saturated rings. The number of hydrogen-bond acceptors (Lipinski definition) is 7. The minimum Gasteiger partial charge on any atom is -0.507 e. The van der Waals surface area contributed by atoms with E-state index in [4.69, 9.17) is 9.25 Å². The minimum atomic E-state index is -0.975. The lowest BCUT2D eigenvalue weighted by molar-refractivity contribution is -0.172. The first-order chi connectivity index (χ1) is 11.0. The van der Waals surface area contributed by atoms with E-state index < -0.39 is 17.8 Å². The van der Waals surface area contributed by atoms with E-state index >= 15 is 0 Å². The van der Waals surface area contributed by atoms with Crippen LogP contribution < -0.4 is 0 Å². The van der Waals surface area contributed by atoms with Gasteiger partial charge in [-0.05, 0) is 19.1 Å². The highest BCUT2D eigenvalue weighted by Gasteiger charge is 2.34. The summed E-state index contributed by atoms with van der Waals surface area (Å²) >= 11 is 0. The van der Waals surface area contributed by atoms with Gasteiger partial charge in [0.1, 0.15) is 11.5 Å². The van der Waals surface area contributed by atoms with Crippen LogP contribution in [0.1, 0.15) is 29.1 Å². The average molecular weight is 316 g/mol. The number of nitrogens with zero attached hydrogens (tertiary/aromatic N) is 2. The fraction of sp³-hybridized carbons (Fsp3) is 0.200. The average Bonchev–Trinajstić information content (AvgIpc) is 3.05. The van der Waals surface area contributed by atoms with Gasteiger partial charge >= 0.3 is 5.97 Å². The fourth-order valence-corrected chi connectivity index (χ4v) is 2.14. The Morgan fingerprint density at radius 2 is 1.91 bits per heavy atom. The van der Waals surface area contributed by atoms with Crippen molar-refractivity contribution < 1.29 is 28.7 Å². The van der Waals surface area contributed by atoms with Gasteiger partial charge in [0.2, 0.25) is 5.89 Å². The number of para-hydroxylation sites is 1. The third-order valence-corrected chi connectivity index (χ3v) is 3.30. The third kappa shape index (κ3) is 2.66. The first kappa shape index (κ1) is 14.8. The van der Waals surface area contributed by atoms with Gasteiger partial charge in [0.25, 0.3) is 11.8 Å². The molecule has 1 aliphatic heterocycles. The molecule has 1 aliphatic rings. The van der Waals surface area contributed by atoms with Gasteiger partial charge in [-0.25, -0.2) is 9.78 Å². The lowest BCUT2D eigenvalue weighted by Crippen LogP contribution is -2.32. The van der Waals surface area contributed by atoms with Crippen molar-refractivity contribution in [2.24, 2.45) is 0 Å². The van der Waals surface area contributed by atoms with E-state index in [0.717, 1.165) is 0 Å². The molecule has 0 bridgehead atoms. The van der Waals surface area contributed by atoms with Gasteiger partial charge in [-0.1, -0.05) is 12.1 Å². The van der Waals surface area contributed by atoms with Crippen molar-refractivity contribution in [1.82, 2.24) is 10.0 Å². The van der Waals surface area contributed by atoms with Gasteiger partial charge < -0.3 is 14.4 Å². The number of amides is 2. The number of benzene rings is 1. The summed E-state index contributed by atoms with van der Waals surface area (Å²) in [5.74, 6) is -2.01. The number of carbonyl (C=O) groups excluding carboxylic acids is 3. The molecule has 0 radical (unpaired) electrons. The number of imide groups is 1. The number of hydroxylamine groups is 2. The molecule has 1 aromatic carbocycles. The molecule has 3 rings (SSSR count). The smallest absolute Gasteiger partial charge is 0.385 e. The van der Waals surface area contributed by atoms with E-state index in [1.54, 1.807) is 18.2 Å². The SMILES string of the molecule is Cc1oc(-c2ccccc2O)nc1C(=O)ON1C(=O)CCC1=O. The zero-order chi connectivity index (χ0) is 16.6. The van der Waals surface area contributed by atoms with Gasteiger partial charge in [-0.15, -0.1) is 5.06 Å². The summed E-state index contributed by atoms with van der Waals surface area (Å²) in [7, 11) is 0. The second-order valence-corrected chi connectivity index (χ2v) is 4.90. The summed E-state index contributed by atoms with van der Waals surface area (Å²) in [6, 6.07) is 6.33. The number of aromatic nitrogens is 1. The van der Waals surface area contributed by atoms with Crippen LogP contribution in [0.25, 0.3) is 11.5 Å². The molecule has 0 aliphatic carbocycles. The van der Waals surface area contributed by atoms with E-state index in [9.17, 15) is 19.5 Å². The lowest BCUT2D eigenvalue weighted by Gasteiger charge is -2.11. The van der Waals surface area contributed by atoms with Gasteiger partial charge in [-0.3, -0.25) is 9.59 Å². The Morgan fingerprint density at radius 3 is 2.57 bits per heavy atom. The summed E-state index contributed by atoms with van der Waals surface area (Å²) in [5, 5.41) is 10.2. The molecule has 23 heavy (non-hydrogen) atoms. The van der Waals surface area contributed by atoms with Crippen LogP contribution >= 0.6 is 0 Å². The Kier molecular flexibility index (Phi) is 3.57. The van der Waals surface area contributed by atoms with E-state index in [-0.39, 0.29) is 35.9 Å². The number of hydrogen-bond donors (Lipinski definition) is 1. The number of phenolic OH excluding ortho intramolecular Hbond substituents is 1. The predicted octanol–water partition coefficient (Wildman–Crippen LogP) is 1.58. The number of oxazole rings is 1. The van der Waals surface area contributed by atoms with Crippen LogP contribution in [0.5, 0.6) is 5.75 Å². The Hall–Kier alpha value is -3.16. The van der Waals surface area contributed by atoms with Crippen molar-refractivity contribution in [3.63, 3.8) is 0 Å². The first-order valence-electron chi connectivity index (χ1n) is 6.81. The molecule has 8 heteroatoms. The Labute approximate surface area is 130 Å². The fourth-order valence-electron chi connectivity index (χ4n) is 2.14. The number of rotatable bonds is 3. The van der Waals surface area contributed by atoms with Gasteiger partial charge in [0, 0.05) is 12.8 Å². The second kappa shape index (κ2) is 5.56. The summed E-state index contributed by atoms with van der Waals surface area (Å²) in [6.07, 6.45) is 0.0140. The van der Waals surface area contributed by atoms with Crippen molar-refractivity contribution in [2.75, 3.05) is 0 Å². The zero-order valence-corrected chi connectivity index (χ0v) is 12.1. The van der Waals surface area contributed by atoms with Crippen molar-refractivity contribution >= 4 is 17.8 Å². The van der Waals surface area contributed by atoms with Gasteiger partial charge in [-0.2, -0.15) is 0 Å². The molecule has 1 aromatic heterocycles. The Morgan fingerprint density at radius 1 is 1.26 bits per heavy atom. The monoisotopic (exact) mass is 316 g/mol. The molecule has 8 nitrogen and oxygen atoms in total. The van der Waals surface area contributed by atoms with E-state index in [1.807, 2.05) is 0 Å². The van der Waals surface area contributed by atoms with Crippen LogP contribution in [-0.4, -0.2) is 32.9 Å². The van der Waals surface area contributed by atoms with Crippen molar-refractivity contribution in [2.45, 2.75) is 19.8 Å². The quantitative estimate of drug-likeness (QED) is 0.856. The molecule has 2 heterocycles. The highest BCUT2D eigenvalue weighted by atomic mass is 16.7. The maximum Gasteiger partial charge on any atom is 0.385 e. The Balaban J connectivity index is 1.86. The van der Waals surface area contributed by atoms with Crippen LogP contribution in [0.2, 0.25) is 0 Å². The van der Waals surface area contributed by atoms with Crippen molar-refractivity contribution in [3.05, 3.63) is 35.7 Å². The maximum absolute atomic E-state index is 12.1. The molecule has 0 atom stereocenters. The molecule has 1 saturated heterocycles. The predicted molar refractivity (Wildman–Crippen MR) is 74.8 cm³/mol. The van der Waals surface area contributed by atoms with Crippen LogP contribution in [0.15, 0.2) is 28.7 Å². The largest absolute Gasteiger partial charge is 0.507 e. The first-order valence-corrected chi connectivity index (χ1v) is 6.81. The van der Waals surface area contributed by atoms with Crippen molar-refractivity contribution in [3.8, 4) is 17.2 Å². The molecule has 0 unspecified atom stereocenters. The standard InChI is InChI=1S/C15H12N2O6/c1-8-13(15(21)23-17-11(19)6-7-12(17)20)16-14(22-8)9-4-2-3-5-10(9)18/h2-5,18H,6-7H2,1H3. The van der Waals surface area contributed by atoms with Gasteiger partial charge in [0.05, 0.1) is 5.56 Å². The number of phenols is 1. The highest BCUT2D eigenvalue weighted by Crippen LogP contribution is 2.29. The van der Waals surface area contributed by atoms with Crippen molar-refractivity contribution in [1.29, 1.82) is 0 Å². The molecular weight excluding hydrogens is 304 g/mol. The summed E-state index contributed by atoms with van der Waals surface area (Å²) < 4.78 is 5.36. The second-order valence-electron chi connectivity index (χ2n) is 4.90. The molecule has 0 spiro atoms. The molecule has 1 N–H and O–H groups in total. The van der Waals surface area contributed by atoms with E-state index in [1.165, 1.54) is 13.0 Å². The van der Waals surface area contributed by atoms with Crippen LogP contribution in [0, 0.1) is 6.92 Å². The summed E-state index contributed by atoms with van der Waals surface area (Å²) in [5.41, 5.74) is 0.138. The van der Waals surface area contributed by atoms with Gasteiger partial charge in [0.15, 0.2) is 5.69 Å². The molecule has 118 valence electrons. The van der Waals surface area contributed by atoms with Crippen LogP contribution in [0.4, 0.5) is 0 Å². The normalized spacial score (nSPS) is 14.4. The van der Waals surface area contributed by atoms with E-state index in [2.05, 4.69) is 4.98 Å². The number of carbonyl (C=O) groups is 3. The molecular formula is C15H12N2O6. The summed E-state index contributed by atoms with van der Waals surface area (Å²) in [6.45, 7) is 1.49. The maximum atomic E-state index is 12.1.